The predicted molar refractivity (Wildman–Crippen MR) is 122 cm³/mol. The first kappa shape index (κ1) is 20.7. The fourth-order valence-corrected chi connectivity index (χ4v) is 3.62. The maximum atomic E-state index is 12.5. The van der Waals surface area contributed by atoms with Gasteiger partial charge in [0.05, 0.1) is 12.3 Å². The molecule has 0 saturated heterocycles. The van der Waals surface area contributed by atoms with Crippen LogP contribution < -0.4 is 14.9 Å². The molecule has 0 unspecified atom stereocenters. The Labute approximate surface area is 182 Å². The topological polar surface area (TPSA) is 59.9 Å². The number of nitrogens with one attached hydrogen (secondary N) is 1. The lowest BCUT2D eigenvalue weighted by molar-refractivity contribution is 0.0954. The lowest BCUT2D eigenvalue weighted by Crippen LogP contribution is -2.22. The molecular formula is C26H26N2O3. The second-order valence-corrected chi connectivity index (χ2v) is 7.40. The van der Waals surface area contributed by atoms with Crippen molar-refractivity contribution in [3.05, 3.63) is 95.1 Å². The Morgan fingerprint density at radius 2 is 1.61 bits per heavy atom. The predicted octanol–water partition coefficient (Wildman–Crippen LogP) is 5.13. The summed E-state index contributed by atoms with van der Waals surface area (Å²) >= 11 is 0. The number of amides is 1. The Morgan fingerprint density at radius 1 is 0.903 bits per heavy atom. The van der Waals surface area contributed by atoms with Crippen molar-refractivity contribution in [2.45, 2.75) is 32.8 Å². The molecule has 4 rings (SSSR count). The summed E-state index contributed by atoms with van der Waals surface area (Å²) in [5.41, 5.74) is 7.63. The van der Waals surface area contributed by atoms with Crippen LogP contribution in [0.15, 0.2) is 77.9 Å². The molecule has 0 aliphatic heterocycles. The fourth-order valence-electron chi connectivity index (χ4n) is 3.62. The van der Waals surface area contributed by atoms with Crippen molar-refractivity contribution < 1.29 is 14.3 Å². The zero-order valence-corrected chi connectivity index (χ0v) is 17.6. The summed E-state index contributed by atoms with van der Waals surface area (Å²) in [5, 5.41) is 4.40. The molecule has 1 N–H and O–H groups in total. The third kappa shape index (κ3) is 5.31. The van der Waals surface area contributed by atoms with Gasteiger partial charge in [-0.15, -0.1) is 0 Å². The molecule has 1 aliphatic carbocycles. The van der Waals surface area contributed by atoms with Crippen LogP contribution in [0.25, 0.3) is 0 Å². The van der Waals surface area contributed by atoms with Crippen molar-refractivity contribution in [2.24, 2.45) is 5.10 Å². The van der Waals surface area contributed by atoms with Gasteiger partial charge < -0.3 is 9.47 Å². The van der Waals surface area contributed by atoms with E-state index in [1.807, 2.05) is 55.5 Å². The second kappa shape index (κ2) is 9.94. The van der Waals surface area contributed by atoms with E-state index in [1.54, 1.807) is 12.1 Å². The molecule has 0 radical (unpaired) electrons. The van der Waals surface area contributed by atoms with Crippen molar-refractivity contribution in [2.75, 3.05) is 6.61 Å². The lowest BCUT2D eigenvalue weighted by atomic mass is 9.90. The van der Waals surface area contributed by atoms with E-state index in [1.165, 1.54) is 5.56 Å². The summed E-state index contributed by atoms with van der Waals surface area (Å²) in [6.45, 7) is 3.02. The number of benzene rings is 3. The zero-order chi connectivity index (χ0) is 21.5. The zero-order valence-electron chi connectivity index (χ0n) is 17.6. The van der Waals surface area contributed by atoms with E-state index >= 15 is 0 Å². The number of hydrogen-bond acceptors (Lipinski definition) is 4. The maximum absolute atomic E-state index is 12.5. The van der Waals surface area contributed by atoms with Crippen molar-refractivity contribution in [3.8, 4) is 11.5 Å². The average molecular weight is 415 g/mol. The standard InChI is InChI=1S/C26H26N2O3/c1-2-30-22-14-16-23(17-15-22)31-18-19-10-12-21(13-11-19)26(29)28-27-25-9-5-7-20-6-3-4-8-24(20)25/h3-4,6,8,10-17H,2,5,7,9,18H2,1H3,(H,28,29). The third-order valence-electron chi connectivity index (χ3n) is 5.24. The van der Waals surface area contributed by atoms with Gasteiger partial charge in [0.2, 0.25) is 0 Å². The highest BCUT2D eigenvalue weighted by Gasteiger charge is 2.15. The van der Waals surface area contributed by atoms with E-state index < -0.39 is 0 Å². The molecule has 31 heavy (non-hydrogen) atoms. The van der Waals surface area contributed by atoms with E-state index in [9.17, 15) is 4.79 Å². The number of aryl methyl sites for hydroxylation is 1. The number of carbonyl (C=O) groups is 1. The summed E-state index contributed by atoms with van der Waals surface area (Å²) in [6, 6.07) is 23.2. The SMILES string of the molecule is CCOc1ccc(OCc2ccc(C(=O)NN=C3CCCc4ccccc43)cc2)cc1. The lowest BCUT2D eigenvalue weighted by Gasteiger charge is -2.17. The van der Waals surface area contributed by atoms with Crippen LogP contribution in [0.4, 0.5) is 0 Å². The van der Waals surface area contributed by atoms with Crippen molar-refractivity contribution in [1.29, 1.82) is 0 Å². The number of nitrogens with zero attached hydrogens (tertiary/aromatic N) is 1. The Hall–Kier alpha value is -3.60. The molecule has 3 aromatic rings. The average Bonchev–Trinajstić information content (AvgIpc) is 2.82. The fraction of sp³-hybridized carbons (Fsp3) is 0.231. The second-order valence-electron chi connectivity index (χ2n) is 7.40. The first-order valence-electron chi connectivity index (χ1n) is 10.6. The Morgan fingerprint density at radius 3 is 2.35 bits per heavy atom. The van der Waals surface area contributed by atoms with Crippen LogP contribution in [0.3, 0.4) is 0 Å². The molecule has 0 spiro atoms. The summed E-state index contributed by atoms with van der Waals surface area (Å²) in [4.78, 5) is 12.5. The van der Waals surface area contributed by atoms with Gasteiger partial charge in [-0.1, -0.05) is 36.4 Å². The minimum Gasteiger partial charge on any atom is -0.494 e. The number of ether oxygens (including phenoxy) is 2. The minimum atomic E-state index is -0.213. The highest BCUT2D eigenvalue weighted by Crippen LogP contribution is 2.21. The van der Waals surface area contributed by atoms with Crippen molar-refractivity contribution >= 4 is 11.6 Å². The first-order valence-corrected chi connectivity index (χ1v) is 10.6. The minimum absolute atomic E-state index is 0.213. The van der Waals surface area contributed by atoms with E-state index in [2.05, 4.69) is 22.7 Å². The molecule has 5 heteroatoms. The maximum Gasteiger partial charge on any atom is 0.271 e. The Bertz CT molecular complexity index is 1060. The Kier molecular flexibility index (Phi) is 6.62. The quantitative estimate of drug-likeness (QED) is 0.545. The first-order chi connectivity index (χ1) is 15.2. The summed E-state index contributed by atoms with van der Waals surface area (Å²) in [7, 11) is 0. The number of carbonyl (C=O) groups excluding carboxylic acids is 1. The molecule has 0 atom stereocenters. The summed E-state index contributed by atoms with van der Waals surface area (Å²) in [6.07, 6.45) is 2.98. The number of rotatable bonds is 7. The van der Waals surface area contributed by atoms with Crippen LogP contribution in [-0.2, 0) is 13.0 Å². The molecule has 0 bridgehead atoms. The van der Waals surface area contributed by atoms with Crippen LogP contribution in [-0.4, -0.2) is 18.2 Å². The normalized spacial score (nSPS) is 14.0. The highest BCUT2D eigenvalue weighted by molar-refractivity contribution is 6.04. The monoisotopic (exact) mass is 414 g/mol. The number of fused-ring (bicyclic) bond motifs is 1. The van der Waals surface area contributed by atoms with Gasteiger partial charge in [-0.05, 0) is 73.7 Å². The van der Waals surface area contributed by atoms with Gasteiger partial charge in [0.15, 0.2) is 0 Å². The Balaban J connectivity index is 1.33. The number of hydrazone groups is 1. The highest BCUT2D eigenvalue weighted by atomic mass is 16.5. The van der Waals surface area contributed by atoms with Gasteiger partial charge in [-0.3, -0.25) is 4.79 Å². The third-order valence-corrected chi connectivity index (χ3v) is 5.24. The smallest absolute Gasteiger partial charge is 0.271 e. The molecule has 158 valence electrons. The summed E-state index contributed by atoms with van der Waals surface area (Å²) in [5.74, 6) is 1.38. The van der Waals surface area contributed by atoms with Gasteiger partial charge in [-0.2, -0.15) is 5.10 Å². The van der Waals surface area contributed by atoms with Crippen LogP contribution in [0, 0.1) is 0 Å². The van der Waals surface area contributed by atoms with Crippen LogP contribution >= 0.6 is 0 Å². The van der Waals surface area contributed by atoms with Crippen molar-refractivity contribution in [1.82, 2.24) is 5.43 Å². The van der Waals surface area contributed by atoms with Crippen molar-refractivity contribution in [3.63, 3.8) is 0 Å². The largest absolute Gasteiger partial charge is 0.494 e. The van der Waals surface area contributed by atoms with Crippen LogP contribution in [0.5, 0.6) is 11.5 Å². The van der Waals surface area contributed by atoms with E-state index in [0.29, 0.717) is 18.8 Å². The van der Waals surface area contributed by atoms with Gasteiger partial charge in [-0.25, -0.2) is 5.43 Å². The van der Waals surface area contributed by atoms with Gasteiger partial charge in [0.25, 0.3) is 5.91 Å². The van der Waals surface area contributed by atoms with E-state index in [0.717, 1.165) is 47.6 Å². The van der Waals surface area contributed by atoms with E-state index in [-0.39, 0.29) is 5.91 Å². The molecule has 0 aromatic heterocycles. The molecule has 0 saturated carbocycles. The van der Waals surface area contributed by atoms with E-state index in [4.69, 9.17) is 9.47 Å². The van der Waals surface area contributed by atoms with Gasteiger partial charge >= 0.3 is 0 Å². The molecule has 5 nitrogen and oxygen atoms in total. The molecule has 0 heterocycles. The molecule has 3 aromatic carbocycles. The molecule has 1 aliphatic rings. The molecule has 0 fully saturated rings. The summed E-state index contributed by atoms with van der Waals surface area (Å²) < 4.78 is 11.2. The van der Waals surface area contributed by atoms with Gasteiger partial charge in [0, 0.05) is 11.1 Å². The molecular weight excluding hydrogens is 388 g/mol. The van der Waals surface area contributed by atoms with Crippen LogP contribution in [0.1, 0.15) is 46.8 Å². The van der Waals surface area contributed by atoms with Gasteiger partial charge in [0.1, 0.15) is 18.1 Å². The molecule has 1 amide bonds. The van der Waals surface area contributed by atoms with Crippen LogP contribution in [0.2, 0.25) is 0 Å². The number of hydrogen-bond donors (Lipinski definition) is 1.